The Morgan fingerprint density at radius 2 is 2.41 bits per heavy atom. The molecule has 1 atom stereocenters. The summed E-state index contributed by atoms with van der Waals surface area (Å²) in [6.07, 6.45) is 4.09. The van der Waals surface area contributed by atoms with Crippen LogP contribution in [0.25, 0.3) is 0 Å². The molecular weight excluding hydrogens is 240 g/mol. The number of benzene rings is 1. The minimum atomic E-state index is 0.289. The van der Waals surface area contributed by atoms with Crippen molar-refractivity contribution >= 4 is 17.9 Å². The molecule has 1 aromatic carbocycles. The normalized spacial score (nSPS) is 19.2. The quantitative estimate of drug-likeness (QED) is 0.758. The highest BCUT2D eigenvalue weighted by molar-refractivity contribution is 6.32. The van der Waals surface area contributed by atoms with Gasteiger partial charge in [0.25, 0.3) is 0 Å². The monoisotopic (exact) mass is 254 g/mol. The lowest BCUT2D eigenvalue weighted by atomic mass is 10.2. The zero-order chi connectivity index (χ0) is 12.1. The highest BCUT2D eigenvalue weighted by Gasteiger charge is 2.16. The Bertz CT molecular complexity index is 386. The predicted octanol–water partition coefficient (Wildman–Crippen LogP) is 3.10. The standard InChI is InChI=1S/C13H15ClO3/c14-12-5-1-3-10(9-15)13(12)17-8-6-11-4-2-7-16-11/h1,3,5,9,11H,2,4,6-8H2. The molecule has 0 bridgehead atoms. The number of carbonyl (C=O) groups is 1. The summed E-state index contributed by atoms with van der Waals surface area (Å²) in [6.45, 7) is 1.37. The van der Waals surface area contributed by atoms with Gasteiger partial charge in [0.1, 0.15) is 5.75 Å². The summed E-state index contributed by atoms with van der Waals surface area (Å²) in [5.41, 5.74) is 0.491. The van der Waals surface area contributed by atoms with Crippen LogP contribution in [0.15, 0.2) is 18.2 Å². The first kappa shape index (κ1) is 12.4. The molecule has 0 aliphatic carbocycles. The van der Waals surface area contributed by atoms with Gasteiger partial charge in [-0.25, -0.2) is 0 Å². The molecule has 0 amide bonds. The fourth-order valence-electron chi connectivity index (χ4n) is 1.94. The first-order valence-corrected chi connectivity index (χ1v) is 6.17. The summed E-state index contributed by atoms with van der Waals surface area (Å²) in [6, 6.07) is 5.15. The van der Waals surface area contributed by atoms with Crippen LogP contribution in [0.5, 0.6) is 5.75 Å². The molecule has 4 heteroatoms. The third kappa shape index (κ3) is 3.20. The van der Waals surface area contributed by atoms with Crippen molar-refractivity contribution in [2.45, 2.75) is 25.4 Å². The van der Waals surface area contributed by atoms with E-state index >= 15 is 0 Å². The minimum Gasteiger partial charge on any atom is -0.491 e. The van der Waals surface area contributed by atoms with Gasteiger partial charge in [-0.3, -0.25) is 4.79 Å². The molecule has 1 fully saturated rings. The molecule has 1 saturated heterocycles. The number of aldehydes is 1. The van der Waals surface area contributed by atoms with Gasteiger partial charge in [-0.1, -0.05) is 17.7 Å². The van der Waals surface area contributed by atoms with E-state index in [1.165, 1.54) is 0 Å². The first-order chi connectivity index (χ1) is 8.31. The van der Waals surface area contributed by atoms with E-state index in [1.807, 2.05) is 0 Å². The van der Waals surface area contributed by atoms with E-state index in [0.717, 1.165) is 32.2 Å². The van der Waals surface area contributed by atoms with Gasteiger partial charge in [-0.15, -0.1) is 0 Å². The number of para-hydroxylation sites is 1. The third-order valence-electron chi connectivity index (χ3n) is 2.83. The number of halogens is 1. The zero-order valence-electron chi connectivity index (χ0n) is 9.52. The van der Waals surface area contributed by atoms with Gasteiger partial charge >= 0.3 is 0 Å². The Labute approximate surface area is 106 Å². The van der Waals surface area contributed by atoms with Crippen molar-refractivity contribution in [2.75, 3.05) is 13.2 Å². The number of hydrogen-bond acceptors (Lipinski definition) is 3. The van der Waals surface area contributed by atoms with Crippen LogP contribution < -0.4 is 4.74 Å². The van der Waals surface area contributed by atoms with E-state index in [2.05, 4.69) is 0 Å². The smallest absolute Gasteiger partial charge is 0.153 e. The molecule has 92 valence electrons. The topological polar surface area (TPSA) is 35.5 Å². The van der Waals surface area contributed by atoms with Gasteiger partial charge in [0.05, 0.1) is 23.3 Å². The summed E-state index contributed by atoms with van der Waals surface area (Å²) >= 11 is 5.99. The van der Waals surface area contributed by atoms with E-state index < -0.39 is 0 Å². The van der Waals surface area contributed by atoms with Crippen molar-refractivity contribution in [1.29, 1.82) is 0 Å². The Hall–Kier alpha value is -1.06. The molecule has 0 aromatic heterocycles. The molecule has 1 heterocycles. The molecule has 2 rings (SSSR count). The third-order valence-corrected chi connectivity index (χ3v) is 3.13. The number of hydrogen-bond donors (Lipinski definition) is 0. The molecule has 3 nitrogen and oxygen atoms in total. The minimum absolute atomic E-state index is 0.289. The average molecular weight is 255 g/mol. The van der Waals surface area contributed by atoms with Gasteiger partial charge in [0.15, 0.2) is 6.29 Å². The Balaban J connectivity index is 1.91. The first-order valence-electron chi connectivity index (χ1n) is 5.79. The Kier molecular flexibility index (Phi) is 4.40. The van der Waals surface area contributed by atoms with Crippen LogP contribution in [0.2, 0.25) is 5.02 Å². The van der Waals surface area contributed by atoms with Crippen molar-refractivity contribution in [3.8, 4) is 5.75 Å². The van der Waals surface area contributed by atoms with E-state index in [9.17, 15) is 4.79 Å². The molecular formula is C13H15ClO3. The Morgan fingerprint density at radius 1 is 1.53 bits per heavy atom. The number of carbonyl (C=O) groups excluding carboxylic acids is 1. The van der Waals surface area contributed by atoms with Crippen LogP contribution in [-0.2, 0) is 4.74 Å². The summed E-state index contributed by atoms with van der Waals surface area (Å²) < 4.78 is 11.1. The lowest BCUT2D eigenvalue weighted by molar-refractivity contribution is 0.0901. The van der Waals surface area contributed by atoms with Gasteiger partial charge < -0.3 is 9.47 Å². The fourth-order valence-corrected chi connectivity index (χ4v) is 2.17. The predicted molar refractivity (Wildman–Crippen MR) is 65.9 cm³/mol. The molecule has 0 radical (unpaired) electrons. The van der Waals surface area contributed by atoms with Crippen LogP contribution in [0.4, 0.5) is 0 Å². The maximum atomic E-state index is 10.8. The van der Waals surface area contributed by atoms with Crippen molar-refractivity contribution < 1.29 is 14.3 Å². The van der Waals surface area contributed by atoms with E-state index in [1.54, 1.807) is 18.2 Å². The molecule has 1 aromatic rings. The molecule has 17 heavy (non-hydrogen) atoms. The van der Waals surface area contributed by atoms with E-state index in [-0.39, 0.29) is 6.10 Å². The van der Waals surface area contributed by atoms with Crippen LogP contribution in [0, 0.1) is 0 Å². The summed E-state index contributed by atoms with van der Waals surface area (Å²) in [7, 11) is 0. The second-order valence-electron chi connectivity index (χ2n) is 4.05. The lowest BCUT2D eigenvalue weighted by Crippen LogP contribution is -2.11. The molecule has 1 unspecified atom stereocenters. The molecule has 1 aliphatic heterocycles. The largest absolute Gasteiger partial charge is 0.491 e. The van der Waals surface area contributed by atoms with Crippen molar-refractivity contribution in [1.82, 2.24) is 0 Å². The number of ether oxygens (including phenoxy) is 2. The summed E-state index contributed by atoms with van der Waals surface area (Å²) in [5, 5.41) is 0.474. The summed E-state index contributed by atoms with van der Waals surface area (Å²) in [5.74, 6) is 0.474. The lowest BCUT2D eigenvalue weighted by Gasteiger charge is -2.12. The van der Waals surface area contributed by atoms with Gasteiger partial charge in [0, 0.05) is 13.0 Å². The van der Waals surface area contributed by atoms with E-state index in [4.69, 9.17) is 21.1 Å². The molecule has 1 aliphatic rings. The maximum absolute atomic E-state index is 10.8. The van der Waals surface area contributed by atoms with Crippen molar-refractivity contribution in [3.63, 3.8) is 0 Å². The Morgan fingerprint density at radius 3 is 3.12 bits per heavy atom. The van der Waals surface area contributed by atoms with Crippen LogP contribution in [0.1, 0.15) is 29.6 Å². The SMILES string of the molecule is O=Cc1cccc(Cl)c1OCCC1CCCO1. The summed E-state index contributed by atoms with van der Waals surface area (Å²) in [4.78, 5) is 10.8. The van der Waals surface area contributed by atoms with Crippen molar-refractivity contribution in [2.24, 2.45) is 0 Å². The second kappa shape index (κ2) is 6.03. The second-order valence-corrected chi connectivity index (χ2v) is 4.46. The average Bonchev–Trinajstić information content (AvgIpc) is 2.84. The van der Waals surface area contributed by atoms with Crippen molar-refractivity contribution in [3.05, 3.63) is 28.8 Å². The van der Waals surface area contributed by atoms with Gasteiger partial charge in [-0.2, -0.15) is 0 Å². The zero-order valence-corrected chi connectivity index (χ0v) is 10.3. The van der Waals surface area contributed by atoms with E-state index in [0.29, 0.717) is 22.9 Å². The molecule has 0 spiro atoms. The van der Waals surface area contributed by atoms with Crippen LogP contribution in [-0.4, -0.2) is 25.6 Å². The maximum Gasteiger partial charge on any atom is 0.153 e. The van der Waals surface area contributed by atoms with Gasteiger partial charge in [-0.05, 0) is 25.0 Å². The van der Waals surface area contributed by atoms with Crippen LogP contribution in [0.3, 0.4) is 0 Å². The molecule has 0 N–H and O–H groups in total. The highest BCUT2D eigenvalue weighted by atomic mass is 35.5. The molecule has 0 saturated carbocycles. The van der Waals surface area contributed by atoms with Crippen LogP contribution >= 0.6 is 11.6 Å². The fraction of sp³-hybridized carbons (Fsp3) is 0.462. The number of rotatable bonds is 5. The van der Waals surface area contributed by atoms with Gasteiger partial charge in [0.2, 0.25) is 0 Å². The highest BCUT2D eigenvalue weighted by Crippen LogP contribution is 2.28.